The minimum atomic E-state index is -1.27. The molecular formula is C16H10F2N4O. The number of para-hydroxylation sites is 2. The second-order valence-corrected chi connectivity index (χ2v) is 4.61. The molecule has 0 bridgehead atoms. The number of fused-ring (bicyclic) bond motifs is 1. The summed E-state index contributed by atoms with van der Waals surface area (Å²) in [6, 6.07) is 9.94. The Kier molecular flexibility index (Phi) is 3.73. The molecule has 5 nitrogen and oxygen atoms in total. The van der Waals surface area contributed by atoms with Crippen molar-refractivity contribution in [2.75, 3.05) is 12.4 Å². The fraction of sp³-hybridized carbons (Fsp3) is 0.0625. The minimum Gasteiger partial charge on any atom is -0.495 e. The number of hydrogen-bond acceptors (Lipinski definition) is 5. The van der Waals surface area contributed by atoms with Crippen molar-refractivity contribution in [1.29, 1.82) is 5.26 Å². The zero-order valence-corrected chi connectivity index (χ0v) is 12.0. The van der Waals surface area contributed by atoms with Crippen molar-refractivity contribution in [1.82, 2.24) is 9.97 Å². The predicted molar refractivity (Wildman–Crippen MR) is 80.4 cm³/mol. The SMILES string of the molecule is COc1cc(Nc2cnc3ccccc3n2)c(F)c(F)c1C#N. The number of halogens is 2. The molecule has 3 rings (SSSR count). The van der Waals surface area contributed by atoms with Crippen LogP contribution in [0.4, 0.5) is 20.3 Å². The molecule has 1 heterocycles. The maximum absolute atomic E-state index is 14.1. The number of aromatic nitrogens is 2. The second-order valence-electron chi connectivity index (χ2n) is 4.61. The van der Waals surface area contributed by atoms with Crippen molar-refractivity contribution in [2.24, 2.45) is 0 Å². The first kappa shape index (κ1) is 14.7. The highest BCUT2D eigenvalue weighted by Gasteiger charge is 2.19. The fourth-order valence-electron chi connectivity index (χ4n) is 2.11. The van der Waals surface area contributed by atoms with Gasteiger partial charge >= 0.3 is 0 Å². The molecule has 114 valence electrons. The molecule has 0 fully saturated rings. The van der Waals surface area contributed by atoms with Crippen molar-refractivity contribution in [3.8, 4) is 11.8 Å². The number of nitriles is 1. The van der Waals surface area contributed by atoms with E-state index in [2.05, 4.69) is 15.3 Å². The van der Waals surface area contributed by atoms with Gasteiger partial charge in [0.05, 0.1) is 30.0 Å². The second kappa shape index (κ2) is 5.85. The number of ether oxygens (including phenoxy) is 1. The van der Waals surface area contributed by atoms with E-state index in [-0.39, 0.29) is 17.3 Å². The van der Waals surface area contributed by atoms with E-state index >= 15 is 0 Å². The van der Waals surface area contributed by atoms with Crippen molar-refractivity contribution in [2.45, 2.75) is 0 Å². The van der Waals surface area contributed by atoms with E-state index in [9.17, 15) is 8.78 Å². The number of rotatable bonds is 3. The zero-order valence-electron chi connectivity index (χ0n) is 12.0. The van der Waals surface area contributed by atoms with Gasteiger partial charge in [-0.25, -0.2) is 13.8 Å². The van der Waals surface area contributed by atoms with Gasteiger partial charge < -0.3 is 10.1 Å². The van der Waals surface area contributed by atoms with Gasteiger partial charge in [0, 0.05) is 6.07 Å². The summed E-state index contributed by atoms with van der Waals surface area (Å²) >= 11 is 0. The Morgan fingerprint density at radius 1 is 1.17 bits per heavy atom. The third-order valence-electron chi connectivity index (χ3n) is 3.21. The van der Waals surface area contributed by atoms with Gasteiger partial charge in [-0.2, -0.15) is 5.26 Å². The van der Waals surface area contributed by atoms with Gasteiger partial charge in [0.15, 0.2) is 11.6 Å². The van der Waals surface area contributed by atoms with Crippen LogP contribution in [0.25, 0.3) is 11.0 Å². The van der Waals surface area contributed by atoms with E-state index < -0.39 is 17.2 Å². The molecule has 0 aliphatic carbocycles. The lowest BCUT2D eigenvalue weighted by atomic mass is 10.1. The van der Waals surface area contributed by atoms with Gasteiger partial charge in [0.2, 0.25) is 0 Å². The summed E-state index contributed by atoms with van der Waals surface area (Å²) in [5.41, 5.74) is 0.615. The molecule has 0 spiro atoms. The minimum absolute atomic E-state index is 0.0670. The maximum Gasteiger partial charge on any atom is 0.183 e. The third kappa shape index (κ3) is 2.62. The summed E-state index contributed by atoms with van der Waals surface area (Å²) in [5, 5.41) is 11.5. The van der Waals surface area contributed by atoms with Crippen molar-refractivity contribution in [3.05, 3.63) is 53.7 Å². The summed E-state index contributed by atoms with van der Waals surface area (Å²) in [4.78, 5) is 8.45. The molecule has 0 saturated heterocycles. The summed E-state index contributed by atoms with van der Waals surface area (Å²) in [6.07, 6.45) is 1.41. The average Bonchev–Trinajstić information content (AvgIpc) is 2.58. The van der Waals surface area contributed by atoms with Gasteiger partial charge in [0.25, 0.3) is 0 Å². The monoisotopic (exact) mass is 312 g/mol. The van der Waals surface area contributed by atoms with Crippen LogP contribution in [0.5, 0.6) is 5.75 Å². The molecule has 1 aromatic heterocycles. The van der Waals surface area contributed by atoms with Crippen LogP contribution in [0.3, 0.4) is 0 Å². The van der Waals surface area contributed by atoms with Crippen molar-refractivity contribution >= 4 is 22.5 Å². The molecule has 0 radical (unpaired) electrons. The normalized spacial score (nSPS) is 10.3. The first-order valence-electron chi connectivity index (χ1n) is 6.59. The van der Waals surface area contributed by atoms with Crippen molar-refractivity contribution < 1.29 is 13.5 Å². The first-order chi connectivity index (χ1) is 11.1. The molecular weight excluding hydrogens is 302 g/mol. The highest BCUT2D eigenvalue weighted by Crippen LogP contribution is 2.31. The van der Waals surface area contributed by atoms with E-state index in [1.807, 2.05) is 6.07 Å². The Balaban J connectivity index is 2.04. The van der Waals surface area contributed by atoms with Crippen LogP contribution < -0.4 is 10.1 Å². The standard InChI is InChI=1S/C16H10F2N4O/c1-23-13-6-12(16(18)15(17)9(13)7-19)22-14-8-20-10-4-2-3-5-11(10)21-14/h2-6,8H,1H3,(H,21,22). The van der Waals surface area contributed by atoms with Crippen LogP contribution in [-0.4, -0.2) is 17.1 Å². The molecule has 0 aliphatic rings. The van der Waals surface area contributed by atoms with E-state index in [1.54, 1.807) is 24.3 Å². The Labute approximate surface area is 130 Å². The van der Waals surface area contributed by atoms with E-state index in [0.717, 1.165) is 0 Å². The number of hydrogen-bond donors (Lipinski definition) is 1. The number of nitrogens with zero attached hydrogens (tertiary/aromatic N) is 3. The zero-order chi connectivity index (χ0) is 16.4. The Hall–Kier alpha value is -3.27. The Morgan fingerprint density at radius 3 is 2.61 bits per heavy atom. The highest BCUT2D eigenvalue weighted by atomic mass is 19.2. The quantitative estimate of drug-likeness (QED) is 0.801. The van der Waals surface area contributed by atoms with Crippen molar-refractivity contribution in [3.63, 3.8) is 0 Å². The van der Waals surface area contributed by atoms with Crippen LogP contribution in [0.2, 0.25) is 0 Å². The van der Waals surface area contributed by atoms with Crippen LogP contribution in [0.1, 0.15) is 5.56 Å². The maximum atomic E-state index is 14.1. The Bertz CT molecular complexity index is 937. The smallest absolute Gasteiger partial charge is 0.183 e. The Morgan fingerprint density at radius 2 is 1.91 bits per heavy atom. The summed E-state index contributed by atoms with van der Waals surface area (Å²) in [5.74, 6) is -2.28. The summed E-state index contributed by atoms with van der Waals surface area (Å²) in [6.45, 7) is 0. The van der Waals surface area contributed by atoms with E-state index in [1.165, 1.54) is 19.4 Å². The number of anilines is 2. The predicted octanol–water partition coefficient (Wildman–Crippen LogP) is 3.53. The molecule has 23 heavy (non-hydrogen) atoms. The van der Waals surface area contributed by atoms with Crippen LogP contribution >= 0.6 is 0 Å². The number of benzene rings is 2. The molecule has 2 aromatic carbocycles. The number of methoxy groups -OCH3 is 1. The molecule has 7 heteroatoms. The van der Waals surface area contributed by atoms with E-state index in [0.29, 0.717) is 11.0 Å². The van der Waals surface area contributed by atoms with Crippen LogP contribution in [-0.2, 0) is 0 Å². The van der Waals surface area contributed by atoms with Crippen LogP contribution in [0.15, 0.2) is 36.5 Å². The topological polar surface area (TPSA) is 70.8 Å². The first-order valence-corrected chi connectivity index (χ1v) is 6.59. The molecule has 0 amide bonds. The molecule has 0 saturated carbocycles. The molecule has 0 unspecified atom stereocenters. The highest BCUT2D eigenvalue weighted by molar-refractivity contribution is 5.76. The largest absolute Gasteiger partial charge is 0.495 e. The molecule has 0 aliphatic heterocycles. The molecule has 0 atom stereocenters. The van der Waals surface area contributed by atoms with Gasteiger partial charge in [-0.15, -0.1) is 0 Å². The van der Waals surface area contributed by atoms with Gasteiger partial charge in [-0.1, -0.05) is 12.1 Å². The van der Waals surface area contributed by atoms with Gasteiger partial charge in [0.1, 0.15) is 23.2 Å². The molecule has 1 N–H and O–H groups in total. The third-order valence-corrected chi connectivity index (χ3v) is 3.21. The van der Waals surface area contributed by atoms with E-state index in [4.69, 9.17) is 10.00 Å². The lowest BCUT2D eigenvalue weighted by molar-refractivity contribution is 0.405. The number of nitrogens with one attached hydrogen (secondary N) is 1. The van der Waals surface area contributed by atoms with Crippen LogP contribution in [0, 0.1) is 23.0 Å². The molecule has 3 aromatic rings. The van der Waals surface area contributed by atoms with Gasteiger partial charge in [-0.3, -0.25) is 4.98 Å². The lowest BCUT2D eigenvalue weighted by Crippen LogP contribution is -2.03. The fourth-order valence-corrected chi connectivity index (χ4v) is 2.11. The van der Waals surface area contributed by atoms with Gasteiger partial charge in [-0.05, 0) is 12.1 Å². The summed E-state index contributed by atoms with van der Waals surface area (Å²) in [7, 11) is 1.27. The lowest BCUT2D eigenvalue weighted by Gasteiger charge is -2.11. The average molecular weight is 312 g/mol. The summed E-state index contributed by atoms with van der Waals surface area (Å²) < 4.78 is 32.9.